The summed E-state index contributed by atoms with van der Waals surface area (Å²) in [6.45, 7) is 0.688. The molecule has 0 saturated carbocycles. The summed E-state index contributed by atoms with van der Waals surface area (Å²) in [5.41, 5.74) is 2.54. The smallest absolute Gasteiger partial charge is 0.460 e. The first-order valence-corrected chi connectivity index (χ1v) is 12.3. The Hall–Kier alpha value is -3.68. The first-order valence-electron chi connectivity index (χ1n) is 11.6. The van der Waals surface area contributed by atoms with Crippen LogP contribution in [0.15, 0.2) is 59.1 Å². The summed E-state index contributed by atoms with van der Waals surface area (Å²) in [6, 6.07) is 13.3. The Morgan fingerprint density at radius 2 is 1.82 bits per heavy atom. The zero-order chi connectivity index (χ0) is 28.2. The van der Waals surface area contributed by atoms with Gasteiger partial charge in [0.05, 0.1) is 23.8 Å². The van der Waals surface area contributed by atoms with Crippen molar-refractivity contribution in [1.29, 1.82) is 0 Å². The fourth-order valence-electron chi connectivity index (χ4n) is 4.07. The van der Waals surface area contributed by atoms with Crippen LogP contribution in [0.3, 0.4) is 0 Å². The Balaban J connectivity index is 1.53. The quantitative estimate of drug-likeness (QED) is 0.118. The molecule has 1 aliphatic rings. The lowest BCUT2D eigenvalue weighted by atomic mass is 9.93. The van der Waals surface area contributed by atoms with Gasteiger partial charge in [0.2, 0.25) is 0 Å². The molecular weight excluding hydrogens is 589 g/mol. The van der Waals surface area contributed by atoms with Gasteiger partial charge in [0.15, 0.2) is 12.5 Å². The van der Waals surface area contributed by atoms with Crippen molar-refractivity contribution in [3.63, 3.8) is 0 Å². The Labute approximate surface area is 229 Å². The van der Waals surface area contributed by atoms with E-state index in [4.69, 9.17) is 14.2 Å². The van der Waals surface area contributed by atoms with Gasteiger partial charge in [-0.05, 0) is 59.5 Å². The molecule has 3 aromatic rings. The van der Waals surface area contributed by atoms with E-state index in [9.17, 15) is 28.1 Å². The Morgan fingerprint density at radius 3 is 2.51 bits per heavy atom. The average molecular weight is 611 g/mol. The highest BCUT2D eigenvalue weighted by molar-refractivity contribution is 9.10. The lowest BCUT2D eigenvalue weighted by Gasteiger charge is -2.29. The lowest BCUT2D eigenvalue weighted by Crippen LogP contribution is -2.37. The van der Waals surface area contributed by atoms with Gasteiger partial charge in [-0.25, -0.2) is 0 Å². The lowest BCUT2D eigenvalue weighted by molar-refractivity contribution is -0.386. The van der Waals surface area contributed by atoms with Gasteiger partial charge in [0, 0.05) is 29.8 Å². The topological polar surface area (TPSA) is 100 Å². The zero-order valence-corrected chi connectivity index (χ0v) is 22.1. The van der Waals surface area contributed by atoms with E-state index in [0.29, 0.717) is 39.9 Å². The Morgan fingerprint density at radius 1 is 1.05 bits per heavy atom. The third kappa shape index (κ3) is 6.85. The van der Waals surface area contributed by atoms with Crippen molar-refractivity contribution in [1.82, 2.24) is 0 Å². The molecule has 0 unspecified atom stereocenters. The van der Waals surface area contributed by atoms with Gasteiger partial charge in [0.25, 0.3) is 5.91 Å². The van der Waals surface area contributed by atoms with E-state index < -0.39 is 11.3 Å². The molecule has 13 heteroatoms. The van der Waals surface area contributed by atoms with Gasteiger partial charge >= 0.3 is 12.0 Å². The Kier molecular flexibility index (Phi) is 8.73. The summed E-state index contributed by atoms with van der Waals surface area (Å²) < 4.78 is 57.4. The second kappa shape index (κ2) is 12.0. The maximum Gasteiger partial charge on any atom is 0.573 e. The van der Waals surface area contributed by atoms with E-state index in [1.54, 1.807) is 24.3 Å². The summed E-state index contributed by atoms with van der Waals surface area (Å²) in [7, 11) is 1.52. The first-order chi connectivity index (χ1) is 18.6. The molecule has 0 saturated heterocycles. The van der Waals surface area contributed by atoms with Gasteiger partial charge in [-0.15, -0.1) is 13.2 Å². The summed E-state index contributed by atoms with van der Waals surface area (Å²) in [5.74, 6) is -0.680. The van der Waals surface area contributed by atoms with Crippen molar-refractivity contribution in [2.45, 2.75) is 12.8 Å². The molecule has 0 N–H and O–H groups in total. The number of hydrogen-bond acceptors (Lipinski definition) is 7. The number of rotatable bonds is 10. The van der Waals surface area contributed by atoms with Crippen molar-refractivity contribution in [2.24, 2.45) is 0 Å². The highest BCUT2D eigenvalue weighted by Crippen LogP contribution is 2.37. The minimum Gasteiger partial charge on any atom is -0.460 e. The number of benzene rings is 3. The first kappa shape index (κ1) is 28.3. The second-order valence-corrected chi connectivity index (χ2v) is 9.19. The predicted octanol–water partition coefficient (Wildman–Crippen LogP) is 6.13. The highest BCUT2D eigenvalue weighted by Gasteiger charge is 2.31. The number of fused-ring (bicyclic) bond motifs is 1. The number of methoxy groups -OCH3 is 1. The minimum atomic E-state index is -4.80. The largest absolute Gasteiger partial charge is 0.573 e. The van der Waals surface area contributed by atoms with Gasteiger partial charge in [-0.2, -0.15) is 0 Å². The number of anilines is 1. The number of nitro groups is 1. The normalized spacial score (nSPS) is 13.3. The fraction of sp³-hybridized carbons (Fsp3) is 0.269. The molecule has 0 aromatic heterocycles. The standard InChI is InChI=1S/C26H22BrF3N2O7/c1-36-10-11-37-15-38-24-7-3-18(13-23(24)32(34)35)31-9-8-17-12-16(2-5-21(17)25(31)33)20-6-4-19(14-22(20)27)39-26(28,29)30/h2-7,12-14H,8-11,15H2,1H3. The van der Waals surface area contributed by atoms with Gasteiger partial charge in [-0.3, -0.25) is 14.9 Å². The molecular formula is C26H22BrF3N2O7. The number of nitro benzene ring substituents is 1. The van der Waals surface area contributed by atoms with Crippen LogP contribution in [0.5, 0.6) is 11.5 Å². The van der Waals surface area contributed by atoms with Crippen LogP contribution in [0.1, 0.15) is 15.9 Å². The molecule has 3 aromatic carbocycles. The molecule has 1 heterocycles. The minimum absolute atomic E-state index is 0.00731. The van der Waals surface area contributed by atoms with Gasteiger partial charge < -0.3 is 23.8 Å². The number of carbonyl (C=O) groups is 1. The van der Waals surface area contributed by atoms with E-state index in [1.165, 1.54) is 42.3 Å². The summed E-state index contributed by atoms with van der Waals surface area (Å²) in [6.07, 6.45) is -4.34. The Bertz CT molecular complexity index is 1380. The van der Waals surface area contributed by atoms with Crippen LogP contribution >= 0.6 is 15.9 Å². The molecule has 0 fully saturated rings. The monoisotopic (exact) mass is 610 g/mol. The van der Waals surface area contributed by atoms with Crippen molar-refractivity contribution in [3.05, 3.63) is 80.3 Å². The number of nitrogens with zero attached hydrogens (tertiary/aromatic N) is 2. The summed E-state index contributed by atoms with van der Waals surface area (Å²) >= 11 is 3.29. The molecule has 0 atom stereocenters. The van der Waals surface area contributed by atoms with E-state index in [0.717, 1.165) is 5.56 Å². The van der Waals surface area contributed by atoms with E-state index in [1.807, 2.05) is 0 Å². The van der Waals surface area contributed by atoms with Crippen LogP contribution in [0.4, 0.5) is 24.5 Å². The van der Waals surface area contributed by atoms with E-state index in [-0.39, 0.29) is 43.0 Å². The molecule has 206 valence electrons. The van der Waals surface area contributed by atoms with Crippen LogP contribution in [0.25, 0.3) is 11.1 Å². The summed E-state index contributed by atoms with van der Waals surface area (Å²) in [5, 5.41) is 11.7. The van der Waals surface area contributed by atoms with Crippen LogP contribution in [-0.2, 0) is 15.9 Å². The number of halogens is 4. The maximum absolute atomic E-state index is 13.3. The third-order valence-corrected chi connectivity index (χ3v) is 6.51. The molecule has 1 aliphatic heterocycles. The van der Waals surface area contributed by atoms with Gasteiger partial charge in [0.1, 0.15) is 5.75 Å². The number of hydrogen-bond donors (Lipinski definition) is 0. The third-order valence-electron chi connectivity index (χ3n) is 5.85. The van der Waals surface area contributed by atoms with Crippen LogP contribution in [0.2, 0.25) is 0 Å². The molecule has 9 nitrogen and oxygen atoms in total. The average Bonchev–Trinajstić information content (AvgIpc) is 2.88. The van der Waals surface area contributed by atoms with Crippen LogP contribution in [-0.4, -0.2) is 50.9 Å². The molecule has 1 amide bonds. The summed E-state index contributed by atoms with van der Waals surface area (Å²) in [4.78, 5) is 25.8. The highest BCUT2D eigenvalue weighted by atomic mass is 79.9. The molecule has 0 bridgehead atoms. The van der Waals surface area contributed by atoms with Crippen molar-refractivity contribution < 1.29 is 41.8 Å². The molecule has 0 radical (unpaired) electrons. The SMILES string of the molecule is COCCOCOc1ccc(N2CCc3cc(-c4ccc(OC(F)(F)F)cc4Br)ccc3C2=O)cc1[N+](=O)[O-]. The zero-order valence-electron chi connectivity index (χ0n) is 20.5. The number of ether oxygens (including phenoxy) is 4. The molecule has 0 aliphatic carbocycles. The van der Waals surface area contributed by atoms with Crippen molar-refractivity contribution in [2.75, 3.05) is 38.6 Å². The van der Waals surface area contributed by atoms with Crippen LogP contribution < -0.4 is 14.4 Å². The van der Waals surface area contributed by atoms with Crippen molar-refractivity contribution in [3.8, 4) is 22.6 Å². The maximum atomic E-state index is 13.3. The molecule has 39 heavy (non-hydrogen) atoms. The second-order valence-electron chi connectivity index (χ2n) is 8.34. The van der Waals surface area contributed by atoms with E-state index in [2.05, 4.69) is 20.7 Å². The van der Waals surface area contributed by atoms with Gasteiger partial charge in [-0.1, -0.05) is 28.1 Å². The fourth-order valence-corrected chi connectivity index (χ4v) is 4.66. The van der Waals surface area contributed by atoms with E-state index >= 15 is 0 Å². The predicted molar refractivity (Wildman–Crippen MR) is 138 cm³/mol. The van der Waals surface area contributed by atoms with Crippen molar-refractivity contribution >= 4 is 33.2 Å². The molecule has 4 rings (SSSR count). The number of amides is 1. The van der Waals surface area contributed by atoms with Crippen LogP contribution in [0, 0.1) is 10.1 Å². The number of carbonyl (C=O) groups excluding carboxylic acids is 1. The molecule has 0 spiro atoms. The number of alkyl halides is 3.